The highest BCUT2D eigenvalue weighted by atomic mass is 16.1. The molecule has 0 amide bonds. The zero-order valence-electron chi connectivity index (χ0n) is 16.0. The minimum absolute atomic E-state index is 0.110. The maximum absolute atomic E-state index is 12.4. The van der Waals surface area contributed by atoms with Crippen LogP contribution in [0.25, 0.3) is 0 Å². The number of fused-ring (bicyclic) bond motifs is 1. The molecule has 3 aliphatic rings. The summed E-state index contributed by atoms with van der Waals surface area (Å²) in [6.07, 6.45) is 9.71. The topological polar surface area (TPSA) is 63.9 Å². The van der Waals surface area contributed by atoms with Gasteiger partial charge in [0, 0.05) is 42.9 Å². The van der Waals surface area contributed by atoms with Gasteiger partial charge in [-0.05, 0) is 57.8 Å². The molecular weight excluding hydrogens is 338 g/mol. The first kappa shape index (κ1) is 16.9. The third-order valence-electron chi connectivity index (χ3n) is 6.29. The Labute approximate surface area is 159 Å². The van der Waals surface area contributed by atoms with Gasteiger partial charge in [-0.3, -0.25) is 9.36 Å². The number of piperidine rings is 1. The monoisotopic (exact) mass is 365 g/mol. The van der Waals surface area contributed by atoms with Crippen LogP contribution in [-0.4, -0.2) is 32.6 Å². The number of nitrogens with zero attached hydrogens (tertiary/aromatic N) is 5. The molecule has 0 unspecified atom stereocenters. The molecule has 0 aromatic carbocycles. The molecule has 3 heterocycles. The van der Waals surface area contributed by atoms with Crippen molar-refractivity contribution in [1.29, 1.82) is 0 Å². The Morgan fingerprint density at radius 1 is 1.11 bits per heavy atom. The van der Waals surface area contributed by atoms with E-state index in [1.165, 1.54) is 36.3 Å². The van der Waals surface area contributed by atoms with E-state index in [1.807, 2.05) is 6.92 Å². The summed E-state index contributed by atoms with van der Waals surface area (Å²) < 4.78 is 1.80. The van der Waals surface area contributed by atoms with Gasteiger partial charge < -0.3 is 4.90 Å². The zero-order valence-corrected chi connectivity index (χ0v) is 16.0. The molecule has 142 valence electrons. The predicted molar refractivity (Wildman–Crippen MR) is 104 cm³/mol. The number of hydrogen-bond donors (Lipinski definition) is 0. The summed E-state index contributed by atoms with van der Waals surface area (Å²) in [6, 6.07) is 1.75. The highest BCUT2D eigenvalue weighted by molar-refractivity contribution is 5.51. The highest BCUT2D eigenvalue weighted by Gasteiger charge is 2.27. The molecule has 2 aliphatic carbocycles. The summed E-state index contributed by atoms with van der Waals surface area (Å²) in [5.41, 5.74) is 3.72. The van der Waals surface area contributed by atoms with E-state index in [2.05, 4.69) is 14.9 Å². The Morgan fingerprint density at radius 3 is 2.67 bits per heavy atom. The van der Waals surface area contributed by atoms with Crippen LogP contribution in [0.4, 0.5) is 5.82 Å². The Hall–Kier alpha value is -2.24. The summed E-state index contributed by atoms with van der Waals surface area (Å²) in [5, 5.41) is 0. The largest absolute Gasteiger partial charge is 0.356 e. The fourth-order valence-corrected chi connectivity index (χ4v) is 4.58. The zero-order chi connectivity index (χ0) is 18.4. The van der Waals surface area contributed by atoms with Gasteiger partial charge in [0.1, 0.15) is 11.6 Å². The molecule has 0 bridgehead atoms. The van der Waals surface area contributed by atoms with Gasteiger partial charge in [-0.2, -0.15) is 0 Å². The standard InChI is InChI=1S/C21H27N5O/c1-14-23-18-4-2-3-17(18)21(24-14)25-9-7-15(8-10-25)12-26-13-22-19(11-20(26)27)16-5-6-16/h11,13,15-16H,2-10,12H2,1H3. The lowest BCUT2D eigenvalue weighted by Gasteiger charge is -2.34. The molecule has 5 rings (SSSR count). The number of aryl methyl sites for hydroxylation is 2. The van der Waals surface area contributed by atoms with E-state index in [-0.39, 0.29) is 5.56 Å². The number of anilines is 1. The molecule has 1 saturated heterocycles. The maximum Gasteiger partial charge on any atom is 0.253 e. The quantitative estimate of drug-likeness (QED) is 0.833. The smallest absolute Gasteiger partial charge is 0.253 e. The lowest BCUT2D eigenvalue weighted by molar-refractivity contribution is 0.349. The summed E-state index contributed by atoms with van der Waals surface area (Å²) in [4.78, 5) is 28.7. The van der Waals surface area contributed by atoms with Gasteiger partial charge in [-0.25, -0.2) is 15.0 Å². The van der Waals surface area contributed by atoms with Crippen molar-refractivity contribution in [3.05, 3.63) is 45.5 Å². The van der Waals surface area contributed by atoms with Crippen LogP contribution in [0.5, 0.6) is 0 Å². The average Bonchev–Trinajstić information content (AvgIpc) is 3.41. The van der Waals surface area contributed by atoms with Crippen LogP contribution < -0.4 is 10.5 Å². The molecule has 2 aromatic rings. The van der Waals surface area contributed by atoms with E-state index in [4.69, 9.17) is 4.98 Å². The van der Waals surface area contributed by atoms with Crippen molar-refractivity contribution in [3.8, 4) is 0 Å². The van der Waals surface area contributed by atoms with Crippen LogP contribution in [0.1, 0.15) is 60.8 Å². The summed E-state index contributed by atoms with van der Waals surface area (Å²) >= 11 is 0. The summed E-state index contributed by atoms with van der Waals surface area (Å²) in [6.45, 7) is 4.80. The first-order valence-electron chi connectivity index (χ1n) is 10.3. The number of rotatable bonds is 4. The van der Waals surface area contributed by atoms with E-state index in [1.54, 1.807) is 17.0 Å². The third-order valence-corrected chi connectivity index (χ3v) is 6.29. The van der Waals surface area contributed by atoms with Crippen LogP contribution in [0.2, 0.25) is 0 Å². The van der Waals surface area contributed by atoms with E-state index < -0.39 is 0 Å². The van der Waals surface area contributed by atoms with E-state index in [0.717, 1.165) is 56.8 Å². The molecule has 6 heteroatoms. The van der Waals surface area contributed by atoms with Crippen molar-refractivity contribution in [2.75, 3.05) is 18.0 Å². The predicted octanol–water partition coefficient (Wildman–Crippen LogP) is 2.62. The second-order valence-corrected chi connectivity index (χ2v) is 8.38. The van der Waals surface area contributed by atoms with Crippen LogP contribution in [0, 0.1) is 12.8 Å². The molecule has 2 aromatic heterocycles. The van der Waals surface area contributed by atoms with Crippen molar-refractivity contribution in [2.24, 2.45) is 5.92 Å². The lowest BCUT2D eigenvalue weighted by atomic mass is 9.96. The minimum atomic E-state index is 0.110. The molecule has 0 N–H and O–H groups in total. The van der Waals surface area contributed by atoms with Crippen LogP contribution in [0.15, 0.2) is 17.2 Å². The van der Waals surface area contributed by atoms with E-state index in [9.17, 15) is 4.79 Å². The van der Waals surface area contributed by atoms with Gasteiger partial charge in [0.2, 0.25) is 0 Å². The third kappa shape index (κ3) is 3.37. The normalized spacial score (nSPS) is 20.1. The molecule has 0 radical (unpaired) electrons. The highest BCUT2D eigenvalue weighted by Crippen LogP contribution is 2.38. The molecule has 0 spiro atoms. The lowest BCUT2D eigenvalue weighted by Crippen LogP contribution is -2.37. The first-order valence-corrected chi connectivity index (χ1v) is 10.3. The van der Waals surface area contributed by atoms with Gasteiger partial charge in [-0.15, -0.1) is 0 Å². The van der Waals surface area contributed by atoms with Crippen molar-refractivity contribution < 1.29 is 0 Å². The molecule has 6 nitrogen and oxygen atoms in total. The number of aromatic nitrogens is 4. The number of hydrogen-bond acceptors (Lipinski definition) is 5. The van der Waals surface area contributed by atoms with Crippen molar-refractivity contribution >= 4 is 5.82 Å². The molecular formula is C21H27N5O. The molecule has 2 fully saturated rings. The van der Waals surface area contributed by atoms with Gasteiger partial charge in [0.05, 0.1) is 12.0 Å². The summed E-state index contributed by atoms with van der Waals surface area (Å²) in [5.74, 6) is 3.12. The first-order chi connectivity index (χ1) is 13.2. The van der Waals surface area contributed by atoms with Crippen LogP contribution in [-0.2, 0) is 19.4 Å². The van der Waals surface area contributed by atoms with Gasteiger partial charge in [0.15, 0.2) is 0 Å². The molecule has 1 aliphatic heterocycles. The minimum Gasteiger partial charge on any atom is -0.356 e. The van der Waals surface area contributed by atoms with E-state index >= 15 is 0 Å². The Kier molecular flexibility index (Phi) is 4.21. The molecule has 1 saturated carbocycles. The fraction of sp³-hybridized carbons (Fsp3) is 0.619. The van der Waals surface area contributed by atoms with Crippen LogP contribution in [0.3, 0.4) is 0 Å². The SMILES string of the molecule is Cc1nc2c(c(N3CCC(Cn4cnc(C5CC5)cc4=O)CC3)n1)CCC2. The second kappa shape index (κ2) is 6.73. The Morgan fingerprint density at radius 2 is 1.93 bits per heavy atom. The molecule has 0 atom stereocenters. The average molecular weight is 365 g/mol. The fourth-order valence-electron chi connectivity index (χ4n) is 4.58. The van der Waals surface area contributed by atoms with Gasteiger partial charge >= 0.3 is 0 Å². The summed E-state index contributed by atoms with van der Waals surface area (Å²) in [7, 11) is 0. The van der Waals surface area contributed by atoms with Crippen LogP contribution >= 0.6 is 0 Å². The Bertz CT molecular complexity index is 909. The van der Waals surface area contributed by atoms with Gasteiger partial charge in [0.25, 0.3) is 5.56 Å². The van der Waals surface area contributed by atoms with E-state index in [0.29, 0.717) is 11.8 Å². The second-order valence-electron chi connectivity index (χ2n) is 8.38. The van der Waals surface area contributed by atoms with Crippen molar-refractivity contribution in [3.63, 3.8) is 0 Å². The van der Waals surface area contributed by atoms with Crippen molar-refractivity contribution in [1.82, 2.24) is 19.5 Å². The Balaban J connectivity index is 1.25. The molecule has 27 heavy (non-hydrogen) atoms. The maximum atomic E-state index is 12.4. The van der Waals surface area contributed by atoms with Crippen molar-refractivity contribution in [2.45, 2.75) is 64.3 Å². The van der Waals surface area contributed by atoms with Gasteiger partial charge in [-0.1, -0.05) is 0 Å².